The Morgan fingerprint density at radius 2 is 2.16 bits per heavy atom. The molecule has 2 heterocycles. The summed E-state index contributed by atoms with van der Waals surface area (Å²) < 4.78 is 5.80. The zero-order chi connectivity index (χ0) is 18.3. The van der Waals surface area contributed by atoms with E-state index < -0.39 is 0 Å². The Hall–Kier alpha value is -1.56. The van der Waals surface area contributed by atoms with Crippen LogP contribution in [0.2, 0.25) is 0 Å². The molecule has 0 saturated carbocycles. The number of likely N-dealkylation sites (tertiary alicyclic amines) is 1. The lowest BCUT2D eigenvalue weighted by Crippen LogP contribution is -2.41. The van der Waals surface area contributed by atoms with E-state index >= 15 is 0 Å². The van der Waals surface area contributed by atoms with Crippen molar-refractivity contribution in [3.63, 3.8) is 0 Å². The molecule has 2 rings (SSSR count). The van der Waals surface area contributed by atoms with Crippen molar-refractivity contribution >= 4 is 5.96 Å². The van der Waals surface area contributed by atoms with Crippen molar-refractivity contribution in [3.8, 4) is 0 Å². The number of rotatable bonds is 6. The molecule has 0 bridgehead atoms. The Balaban J connectivity index is 1.67. The Labute approximate surface area is 152 Å². The summed E-state index contributed by atoms with van der Waals surface area (Å²) in [5.41, 5.74) is -0.0171. The van der Waals surface area contributed by atoms with E-state index in [4.69, 9.17) is 4.42 Å². The molecule has 0 amide bonds. The van der Waals surface area contributed by atoms with E-state index in [9.17, 15) is 0 Å². The second kappa shape index (κ2) is 9.22. The Bertz CT molecular complexity index is 546. The van der Waals surface area contributed by atoms with E-state index in [1.165, 1.54) is 25.8 Å². The van der Waals surface area contributed by atoms with Gasteiger partial charge in [0.05, 0.1) is 12.7 Å². The van der Waals surface area contributed by atoms with E-state index in [0.717, 1.165) is 37.3 Å². The molecule has 0 radical (unpaired) electrons. The molecule has 1 aliphatic rings. The molecule has 1 atom stereocenters. The van der Waals surface area contributed by atoms with Crippen LogP contribution < -0.4 is 10.6 Å². The lowest BCUT2D eigenvalue weighted by molar-refractivity contribution is 0.159. The predicted molar refractivity (Wildman–Crippen MR) is 103 cm³/mol. The molecule has 2 N–H and O–H groups in total. The molecule has 25 heavy (non-hydrogen) atoms. The third-order valence-electron chi connectivity index (χ3n) is 4.78. The van der Waals surface area contributed by atoms with Crippen molar-refractivity contribution in [2.24, 2.45) is 4.99 Å². The molecule has 0 aliphatic carbocycles. The number of guanidine groups is 1. The van der Waals surface area contributed by atoms with Gasteiger partial charge in [0.25, 0.3) is 0 Å². The summed E-state index contributed by atoms with van der Waals surface area (Å²) in [6, 6.07) is 0.730. The predicted octanol–water partition coefficient (Wildman–Crippen LogP) is 2.90. The first-order chi connectivity index (χ1) is 11.9. The van der Waals surface area contributed by atoms with Gasteiger partial charge in [-0.25, -0.2) is 4.98 Å². The van der Waals surface area contributed by atoms with Crippen molar-refractivity contribution in [1.29, 1.82) is 0 Å². The molecular weight excluding hydrogens is 314 g/mol. The minimum absolute atomic E-state index is 0.0171. The highest BCUT2D eigenvalue weighted by molar-refractivity contribution is 5.79. The number of piperidine rings is 1. The van der Waals surface area contributed by atoms with Crippen LogP contribution in [0.5, 0.6) is 0 Å². The second-order valence-corrected chi connectivity index (χ2v) is 7.96. The highest BCUT2D eigenvalue weighted by Gasteiger charge is 2.19. The van der Waals surface area contributed by atoms with Crippen LogP contribution in [0.15, 0.2) is 15.6 Å². The van der Waals surface area contributed by atoms with E-state index in [1.54, 1.807) is 7.05 Å². The van der Waals surface area contributed by atoms with Gasteiger partial charge in [-0.05, 0) is 32.7 Å². The lowest BCUT2D eigenvalue weighted by Gasteiger charge is -2.33. The summed E-state index contributed by atoms with van der Waals surface area (Å²) in [7, 11) is 1.79. The van der Waals surface area contributed by atoms with Gasteiger partial charge in [0.15, 0.2) is 5.96 Å². The summed E-state index contributed by atoms with van der Waals surface area (Å²) in [4.78, 5) is 11.2. The maximum Gasteiger partial charge on any atom is 0.213 e. The van der Waals surface area contributed by atoms with Gasteiger partial charge in [-0.1, -0.05) is 27.2 Å². The second-order valence-electron chi connectivity index (χ2n) is 7.96. The SMILES string of the molecule is CN=C(NCCCN1CCCCC1C)NCc1ncc(C(C)(C)C)o1. The van der Waals surface area contributed by atoms with Crippen LogP contribution in [0.3, 0.4) is 0 Å². The van der Waals surface area contributed by atoms with Crippen LogP contribution in [-0.2, 0) is 12.0 Å². The average molecular weight is 350 g/mol. The highest BCUT2D eigenvalue weighted by atomic mass is 16.4. The van der Waals surface area contributed by atoms with E-state index in [1.807, 2.05) is 6.20 Å². The summed E-state index contributed by atoms with van der Waals surface area (Å²) in [6.07, 6.45) is 6.99. The topological polar surface area (TPSA) is 65.7 Å². The fourth-order valence-electron chi connectivity index (χ4n) is 3.10. The van der Waals surface area contributed by atoms with E-state index in [2.05, 4.69) is 53.2 Å². The van der Waals surface area contributed by atoms with Crippen molar-refractivity contribution in [2.45, 2.75) is 71.4 Å². The van der Waals surface area contributed by atoms with Crippen LogP contribution >= 0.6 is 0 Å². The number of nitrogens with zero attached hydrogens (tertiary/aromatic N) is 3. The number of aliphatic imine (C=N–C) groups is 1. The number of nitrogens with one attached hydrogen (secondary N) is 2. The largest absolute Gasteiger partial charge is 0.443 e. The summed E-state index contributed by atoms with van der Waals surface area (Å²) in [5.74, 6) is 2.39. The molecule has 1 aromatic heterocycles. The minimum Gasteiger partial charge on any atom is -0.443 e. The number of aromatic nitrogens is 1. The lowest BCUT2D eigenvalue weighted by atomic mass is 9.94. The first kappa shape index (κ1) is 19.8. The first-order valence-corrected chi connectivity index (χ1v) is 9.54. The molecule has 1 saturated heterocycles. The van der Waals surface area contributed by atoms with Gasteiger partial charge in [0.1, 0.15) is 5.76 Å². The Morgan fingerprint density at radius 3 is 2.80 bits per heavy atom. The first-order valence-electron chi connectivity index (χ1n) is 9.54. The zero-order valence-electron chi connectivity index (χ0n) is 16.6. The molecule has 1 fully saturated rings. The van der Waals surface area contributed by atoms with Gasteiger partial charge in [0, 0.05) is 31.6 Å². The van der Waals surface area contributed by atoms with Crippen molar-refractivity contribution in [3.05, 3.63) is 17.8 Å². The summed E-state index contributed by atoms with van der Waals surface area (Å²) in [6.45, 7) is 12.6. The van der Waals surface area contributed by atoms with Gasteiger partial charge in [-0.3, -0.25) is 4.99 Å². The summed E-state index contributed by atoms with van der Waals surface area (Å²) >= 11 is 0. The van der Waals surface area contributed by atoms with Crippen LogP contribution in [0, 0.1) is 0 Å². The van der Waals surface area contributed by atoms with Gasteiger partial charge < -0.3 is 20.0 Å². The molecule has 0 spiro atoms. The fourth-order valence-corrected chi connectivity index (χ4v) is 3.10. The molecule has 6 nitrogen and oxygen atoms in total. The quantitative estimate of drug-likeness (QED) is 0.470. The highest BCUT2D eigenvalue weighted by Crippen LogP contribution is 2.22. The maximum atomic E-state index is 5.80. The molecular formula is C19H35N5O. The Morgan fingerprint density at radius 1 is 1.36 bits per heavy atom. The number of hydrogen-bond acceptors (Lipinski definition) is 4. The van der Waals surface area contributed by atoms with Crippen molar-refractivity contribution < 1.29 is 4.42 Å². The monoisotopic (exact) mass is 349 g/mol. The van der Waals surface area contributed by atoms with Crippen LogP contribution in [0.4, 0.5) is 0 Å². The van der Waals surface area contributed by atoms with Crippen molar-refractivity contribution in [2.75, 3.05) is 26.7 Å². The zero-order valence-corrected chi connectivity index (χ0v) is 16.6. The summed E-state index contributed by atoms with van der Waals surface area (Å²) in [5, 5.41) is 6.64. The average Bonchev–Trinajstić information content (AvgIpc) is 3.05. The standard InChI is InChI=1S/C19H35N5O/c1-15-9-6-7-11-24(15)12-8-10-21-18(20-5)23-14-17-22-13-16(25-17)19(2,3)4/h13,15H,6-12,14H2,1-5H3,(H2,20,21,23). The van der Waals surface area contributed by atoms with Crippen LogP contribution in [0.1, 0.15) is 65.0 Å². The van der Waals surface area contributed by atoms with Gasteiger partial charge in [-0.2, -0.15) is 0 Å². The third kappa shape index (κ3) is 6.34. The van der Waals surface area contributed by atoms with Gasteiger partial charge in [0.2, 0.25) is 5.89 Å². The van der Waals surface area contributed by atoms with Crippen molar-refractivity contribution in [1.82, 2.24) is 20.5 Å². The normalized spacial score (nSPS) is 19.9. The smallest absolute Gasteiger partial charge is 0.213 e. The third-order valence-corrected chi connectivity index (χ3v) is 4.78. The number of oxazole rings is 1. The molecule has 1 unspecified atom stereocenters. The van der Waals surface area contributed by atoms with E-state index in [-0.39, 0.29) is 5.41 Å². The number of hydrogen-bond donors (Lipinski definition) is 2. The van der Waals surface area contributed by atoms with Gasteiger partial charge >= 0.3 is 0 Å². The molecule has 1 aromatic rings. The molecule has 142 valence electrons. The van der Waals surface area contributed by atoms with Crippen LogP contribution in [-0.4, -0.2) is 48.6 Å². The maximum absolute atomic E-state index is 5.80. The molecule has 0 aromatic carbocycles. The van der Waals surface area contributed by atoms with Gasteiger partial charge in [-0.15, -0.1) is 0 Å². The molecule has 1 aliphatic heterocycles. The van der Waals surface area contributed by atoms with E-state index in [0.29, 0.717) is 12.4 Å². The fraction of sp³-hybridized carbons (Fsp3) is 0.789. The Kier molecular flexibility index (Phi) is 7.29. The van der Waals surface area contributed by atoms with Crippen LogP contribution in [0.25, 0.3) is 0 Å². The minimum atomic E-state index is -0.0171. The molecule has 6 heteroatoms.